The fraction of sp³-hybridized carbons (Fsp3) is 0.389. The van der Waals surface area contributed by atoms with Gasteiger partial charge in [0.1, 0.15) is 0 Å². The van der Waals surface area contributed by atoms with Crippen molar-refractivity contribution in [2.45, 2.75) is 19.8 Å². The van der Waals surface area contributed by atoms with Crippen LogP contribution in [-0.4, -0.2) is 41.5 Å². The van der Waals surface area contributed by atoms with Crippen molar-refractivity contribution < 1.29 is 14.3 Å². The van der Waals surface area contributed by atoms with E-state index in [1.54, 1.807) is 29.2 Å². The highest BCUT2D eigenvalue weighted by Gasteiger charge is 2.22. The van der Waals surface area contributed by atoms with Crippen molar-refractivity contribution in [2.75, 3.05) is 19.7 Å². The van der Waals surface area contributed by atoms with E-state index in [1.807, 2.05) is 0 Å². The number of aromatic amines is 1. The number of aromatic nitrogens is 1. The molecule has 1 saturated heterocycles. The van der Waals surface area contributed by atoms with Gasteiger partial charge in [-0.2, -0.15) is 0 Å². The molecule has 126 valence electrons. The molecule has 1 aliphatic heterocycles. The summed E-state index contributed by atoms with van der Waals surface area (Å²) in [5, 5.41) is 0.598. The number of hydrogen-bond donors (Lipinski definition) is 1. The Morgan fingerprint density at radius 3 is 2.92 bits per heavy atom. The van der Waals surface area contributed by atoms with Crippen LogP contribution in [0.5, 0.6) is 0 Å². The number of benzene rings is 1. The first-order chi connectivity index (χ1) is 11.5. The molecule has 0 bridgehead atoms. The van der Waals surface area contributed by atoms with E-state index >= 15 is 0 Å². The second-order valence-corrected chi connectivity index (χ2v) is 6.26. The van der Waals surface area contributed by atoms with Gasteiger partial charge in [-0.05, 0) is 24.8 Å². The standard InChI is InChI=1S/C18H20N2O4/c1-12-5-4-8-20(10-12)17(22)11-24-18(23)14-9-16(21)19-15-7-3-2-6-13(14)15/h2-3,6-7,9,12H,4-5,8,10-11H2,1H3,(H,19,21)/t12-/m0/s1. The molecule has 1 fully saturated rings. The number of nitrogens with one attached hydrogen (secondary N) is 1. The maximum atomic E-state index is 12.3. The molecule has 0 saturated carbocycles. The van der Waals surface area contributed by atoms with Crippen LogP contribution in [0, 0.1) is 5.92 Å². The van der Waals surface area contributed by atoms with Gasteiger partial charge in [0.2, 0.25) is 5.56 Å². The summed E-state index contributed by atoms with van der Waals surface area (Å²) >= 11 is 0. The molecule has 2 aromatic rings. The number of amides is 1. The minimum Gasteiger partial charge on any atom is -0.452 e. The van der Waals surface area contributed by atoms with Gasteiger partial charge in [0.05, 0.1) is 5.56 Å². The molecule has 1 aliphatic rings. The summed E-state index contributed by atoms with van der Waals surface area (Å²) in [7, 11) is 0. The van der Waals surface area contributed by atoms with Gasteiger partial charge in [0.15, 0.2) is 6.61 Å². The van der Waals surface area contributed by atoms with E-state index in [0.717, 1.165) is 12.8 Å². The van der Waals surface area contributed by atoms with Crippen molar-refractivity contribution in [3.05, 3.63) is 46.2 Å². The minimum absolute atomic E-state index is 0.175. The summed E-state index contributed by atoms with van der Waals surface area (Å²) in [6, 6.07) is 8.20. The maximum Gasteiger partial charge on any atom is 0.339 e. The summed E-state index contributed by atoms with van der Waals surface area (Å²) < 4.78 is 5.16. The van der Waals surface area contributed by atoms with Crippen molar-refractivity contribution in [1.29, 1.82) is 0 Å². The normalized spacial score (nSPS) is 17.7. The highest BCUT2D eigenvalue weighted by Crippen LogP contribution is 2.17. The Bertz CT molecular complexity index is 827. The quantitative estimate of drug-likeness (QED) is 0.873. The number of H-pyrrole nitrogens is 1. The number of carbonyl (C=O) groups is 2. The van der Waals surface area contributed by atoms with Crippen molar-refractivity contribution in [2.24, 2.45) is 5.92 Å². The molecule has 0 spiro atoms. The third kappa shape index (κ3) is 3.48. The average molecular weight is 328 g/mol. The smallest absolute Gasteiger partial charge is 0.339 e. The van der Waals surface area contributed by atoms with E-state index in [-0.39, 0.29) is 23.6 Å². The number of ether oxygens (including phenoxy) is 1. The average Bonchev–Trinajstić information content (AvgIpc) is 2.58. The third-order valence-corrected chi connectivity index (χ3v) is 4.31. The largest absolute Gasteiger partial charge is 0.452 e. The number of nitrogens with zero attached hydrogens (tertiary/aromatic N) is 1. The number of pyridine rings is 1. The lowest BCUT2D eigenvalue weighted by atomic mass is 10.0. The lowest BCUT2D eigenvalue weighted by Crippen LogP contribution is -2.41. The number of para-hydroxylation sites is 1. The lowest BCUT2D eigenvalue weighted by molar-refractivity contribution is -0.136. The number of rotatable bonds is 3. The summed E-state index contributed by atoms with van der Waals surface area (Å²) in [4.78, 5) is 40.6. The zero-order valence-corrected chi connectivity index (χ0v) is 13.6. The molecule has 0 unspecified atom stereocenters. The second kappa shape index (κ2) is 6.86. The molecular formula is C18H20N2O4. The van der Waals surface area contributed by atoms with Crippen LogP contribution in [0.25, 0.3) is 10.9 Å². The zero-order valence-electron chi connectivity index (χ0n) is 13.6. The molecule has 1 aromatic carbocycles. The molecule has 24 heavy (non-hydrogen) atoms. The Labute approximate surface area is 139 Å². The van der Waals surface area contributed by atoms with Crippen molar-refractivity contribution in [1.82, 2.24) is 9.88 Å². The molecule has 1 atom stereocenters. The molecule has 0 radical (unpaired) electrons. The fourth-order valence-electron chi connectivity index (χ4n) is 3.09. The minimum atomic E-state index is -0.657. The first-order valence-electron chi connectivity index (χ1n) is 8.11. The van der Waals surface area contributed by atoms with Gasteiger partial charge >= 0.3 is 5.97 Å². The van der Waals surface area contributed by atoms with Crippen molar-refractivity contribution >= 4 is 22.8 Å². The zero-order chi connectivity index (χ0) is 17.1. The summed E-state index contributed by atoms with van der Waals surface area (Å²) in [5.74, 6) is -0.380. The summed E-state index contributed by atoms with van der Waals surface area (Å²) in [6.45, 7) is 3.21. The third-order valence-electron chi connectivity index (χ3n) is 4.31. The highest BCUT2D eigenvalue weighted by molar-refractivity contribution is 6.03. The van der Waals surface area contributed by atoms with Crippen LogP contribution in [-0.2, 0) is 9.53 Å². The van der Waals surface area contributed by atoms with Crippen molar-refractivity contribution in [3.63, 3.8) is 0 Å². The molecule has 3 rings (SSSR count). The molecule has 1 aromatic heterocycles. The van der Waals surface area contributed by atoms with E-state index in [2.05, 4.69) is 11.9 Å². The predicted molar refractivity (Wildman–Crippen MR) is 89.8 cm³/mol. The molecule has 2 heterocycles. The van der Waals surface area contributed by atoms with Gasteiger partial charge in [-0.25, -0.2) is 4.79 Å². The van der Waals surface area contributed by atoms with Gasteiger partial charge in [0.25, 0.3) is 5.91 Å². The van der Waals surface area contributed by atoms with Gasteiger partial charge < -0.3 is 14.6 Å². The van der Waals surface area contributed by atoms with E-state index < -0.39 is 5.97 Å². The fourth-order valence-corrected chi connectivity index (χ4v) is 3.09. The molecule has 6 nitrogen and oxygen atoms in total. The molecule has 1 N–H and O–H groups in total. The second-order valence-electron chi connectivity index (χ2n) is 6.26. The van der Waals surface area contributed by atoms with E-state index in [0.29, 0.717) is 29.9 Å². The van der Waals surface area contributed by atoms with Crippen molar-refractivity contribution in [3.8, 4) is 0 Å². The van der Waals surface area contributed by atoms with Gasteiger partial charge in [-0.15, -0.1) is 0 Å². The molecule has 1 amide bonds. The first-order valence-corrected chi connectivity index (χ1v) is 8.11. The number of carbonyl (C=O) groups excluding carboxylic acids is 2. The number of esters is 1. The monoisotopic (exact) mass is 328 g/mol. The van der Waals surface area contributed by atoms with E-state index in [9.17, 15) is 14.4 Å². The first kappa shape index (κ1) is 16.2. The topological polar surface area (TPSA) is 79.5 Å². The van der Waals surface area contributed by atoms with Crippen LogP contribution in [0.15, 0.2) is 35.1 Å². The number of likely N-dealkylation sites (tertiary alicyclic amines) is 1. The number of hydrogen-bond acceptors (Lipinski definition) is 4. The van der Waals surface area contributed by atoms with Gasteiger partial charge in [-0.1, -0.05) is 25.1 Å². The summed E-state index contributed by atoms with van der Waals surface area (Å²) in [6.07, 6.45) is 2.09. The highest BCUT2D eigenvalue weighted by atomic mass is 16.5. The Morgan fingerprint density at radius 2 is 2.12 bits per heavy atom. The van der Waals surface area contributed by atoms with Crippen LogP contribution in [0.4, 0.5) is 0 Å². The molecule has 0 aliphatic carbocycles. The van der Waals surface area contributed by atoms with Crippen LogP contribution in [0.1, 0.15) is 30.1 Å². The van der Waals surface area contributed by atoms with E-state index in [1.165, 1.54) is 6.07 Å². The summed E-state index contributed by atoms with van der Waals surface area (Å²) in [5.41, 5.74) is 0.360. The Kier molecular flexibility index (Phi) is 4.64. The Morgan fingerprint density at radius 1 is 1.33 bits per heavy atom. The Balaban J connectivity index is 1.71. The molecule has 6 heteroatoms. The number of fused-ring (bicyclic) bond motifs is 1. The van der Waals surface area contributed by atoms with Crippen LogP contribution in [0.3, 0.4) is 0 Å². The predicted octanol–water partition coefficient (Wildman–Crippen LogP) is 1.94. The van der Waals surface area contributed by atoms with Gasteiger partial charge in [0, 0.05) is 30.1 Å². The Hall–Kier alpha value is -2.63. The molecular weight excluding hydrogens is 308 g/mol. The lowest BCUT2D eigenvalue weighted by Gasteiger charge is -2.30. The van der Waals surface area contributed by atoms with Crippen LogP contribution < -0.4 is 5.56 Å². The maximum absolute atomic E-state index is 12.3. The van der Waals surface area contributed by atoms with Gasteiger partial charge in [-0.3, -0.25) is 9.59 Å². The van der Waals surface area contributed by atoms with Crippen LogP contribution in [0.2, 0.25) is 0 Å². The number of piperidine rings is 1. The van der Waals surface area contributed by atoms with Crippen LogP contribution >= 0.6 is 0 Å². The SMILES string of the molecule is C[C@H]1CCCN(C(=O)COC(=O)c2cc(=O)[nH]c3ccccc23)C1. The van der Waals surface area contributed by atoms with E-state index in [4.69, 9.17) is 4.74 Å².